The van der Waals surface area contributed by atoms with Gasteiger partial charge in [0.25, 0.3) is 0 Å². The summed E-state index contributed by atoms with van der Waals surface area (Å²) in [7, 11) is 1.78. The van der Waals surface area contributed by atoms with Crippen molar-refractivity contribution in [3.8, 4) is 11.5 Å². The Labute approximate surface area is 206 Å². The molecule has 1 aromatic rings. The van der Waals surface area contributed by atoms with E-state index in [0.29, 0.717) is 36.6 Å². The van der Waals surface area contributed by atoms with Crippen LogP contribution in [0.25, 0.3) is 0 Å². The number of ether oxygens (including phenoxy) is 2. The first-order chi connectivity index (χ1) is 16.7. The van der Waals surface area contributed by atoms with E-state index >= 15 is 0 Å². The Balaban J connectivity index is 0.00000141. The third kappa shape index (κ3) is 4.42. The van der Waals surface area contributed by atoms with Gasteiger partial charge in [-0.3, -0.25) is 14.4 Å². The van der Waals surface area contributed by atoms with Crippen LogP contribution in [0.15, 0.2) is 36.6 Å². The van der Waals surface area contributed by atoms with E-state index in [1.807, 2.05) is 52.8 Å². The van der Waals surface area contributed by atoms with Crippen molar-refractivity contribution < 1.29 is 23.9 Å². The minimum absolute atomic E-state index is 0.0143. The fourth-order valence-electron chi connectivity index (χ4n) is 5.33. The number of hydrogen-bond acceptors (Lipinski definition) is 5. The predicted octanol–water partition coefficient (Wildman–Crippen LogP) is 3.84. The summed E-state index contributed by atoms with van der Waals surface area (Å²) >= 11 is 0. The summed E-state index contributed by atoms with van der Waals surface area (Å²) in [5.74, 6) is 0.329. The van der Waals surface area contributed by atoms with E-state index in [0.717, 1.165) is 5.56 Å². The molecule has 3 unspecified atom stereocenters. The lowest BCUT2D eigenvalue weighted by Crippen LogP contribution is -2.49. The van der Waals surface area contributed by atoms with E-state index < -0.39 is 17.6 Å². The summed E-state index contributed by atoms with van der Waals surface area (Å²) in [6.45, 7) is 10.4. The van der Waals surface area contributed by atoms with E-state index in [1.54, 1.807) is 35.3 Å². The van der Waals surface area contributed by atoms with Crippen LogP contribution in [0.5, 0.6) is 11.5 Å². The van der Waals surface area contributed by atoms with Gasteiger partial charge in [0, 0.05) is 19.6 Å². The summed E-state index contributed by atoms with van der Waals surface area (Å²) in [4.78, 5) is 42.1. The SMILES string of the molecule is CC.C[C@H]1CN2C(=O)C=CCC2C(=O)N(C)C1CC1C(=O)Nc2c1ccc1c2OC=CC(C)(C)O1. The van der Waals surface area contributed by atoms with Crippen molar-refractivity contribution in [1.82, 2.24) is 9.80 Å². The van der Waals surface area contributed by atoms with Crippen molar-refractivity contribution in [2.45, 2.75) is 71.1 Å². The number of anilines is 1. The monoisotopic (exact) mass is 481 g/mol. The Bertz CT molecular complexity index is 1090. The Morgan fingerprint density at radius 3 is 2.66 bits per heavy atom. The first-order valence-electron chi connectivity index (χ1n) is 12.4. The van der Waals surface area contributed by atoms with Crippen molar-refractivity contribution in [3.63, 3.8) is 0 Å². The van der Waals surface area contributed by atoms with Crippen LogP contribution < -0.4 is 14.8 Å². The Morgan fingerprint density at radius 1 is 1.17 bits per heavy atom. The van der Waals surface area contributed by atoms with Crippen LogP contribution in [0.3, 0.4) is 0 Å². The molecule has 4 aliphatic rings. The molecule has 8 heteroatoms. The molecule has 4 atom stereocenters. The van der Waals surface area contributed by atoms with Gasteiger partial charge in [-0.05, 0) is 56.4 Å². The minimum atomic E-state index is -0.529. The maximum absolute atomic E-state index is 13.2. The largest absolute Gasteiger partial charge is 0.480 e. The van der Waals surface area contributed by atoms with Crippen LogP contribution in [0.2, 0.25) is 0 Å². The number of rotatable bonds is 2. The van der Waals surface area contributed by atoms with E-state index in [-0.39, 0.29) is 29.7 Å². The second-order valence-electron chi connectivity index (χ2n) is 9.90. The molecule has 0 spiro atoms. The van der Waals surface area contributed by atoms with Crippen molar-refractivity contribution in [2.75, 3.05) is 18.9 Å². The van der Waals surface area contributed by atoms with Gasteiger partial charge in [0.05, 0.1) is 17.9 Å². The van der Waals surface area contributed by atoms with Crippen molar-refractivity contribution in [2.24, 2.45) is 5.92 Å². The standard InChI is InChI=1S/C25H29N3O5.C2H6/c1-14-13-28-17(6-5-7-20(28)29)24(31)27(4)18(14)12-16-15-8-9-19-22(21(15)26-23(16)30)32-11-10-25(2,3)33-19;1-2/h5,7-11,14,16-18H,6,12-13H2,1-4H3,(H,26,30);1-2H3/t14-,16?,17?,18?;/m0./s1. The van der Waals surface area contributed by atoms with E-state index in [9.17, 15) is 14.4 Å². The second-order valence-corrected chi connectivity index (χ2v) is 9.90. The van der Waals surface area contributed by atoms with E-state index in [4.69, 9.17) is 9.47 Å². The highest BCUT2D eigenvalue weighted by molar-refractivity contribution is 6.05. The maximum Gasteiger partial charge on any atom is 0.246 e. The van der Waals surface area contributed by atoms with Crippen LogP contribution in [-0.4, -0.2) is 58.8 Å². The summed E-state index contributed by atoms with van der Waals surface area (Å²) in [5.41, 5.74) is 0.929. The van der Waals surface area contributed by atoms with E-state index in [2.05, 4.69) is 5.32 Å². The molecule has 0 bridgehead atoms. The molecule has 188 valence electrons. The van der Waals surface area contributed by atoms with Gasteiger partial charge in [-0.25, -0.2) is 0 Å². The minimum Gasteiger partial charge on any atom is -0.480 e. The van der Waals surface area contributed by atoms with Crippen LogP contribution in [-0.2, 0) is 14.4 Å². The number of fused-ring (bicyclic) bond motifs is 4. The van der Waals surface area contributed by atoms with E-state index in [1.165, 1.54) is 0 Å². The number of nitrogens with zero attached hydrogens (tertiary/aromatic N) is 2. The van der Waals surface area contributed by atoms with Gasteiger partial charge in [0.1, 0.15) is 11.6 Å². The van der Waals surface area contributed by atoms with Gasteiger partial charge in [0.15, 0.2) is 11.5 Å². The normalized spacial score (nSPS) is 28.3. The lowest BCUT2D eigenvalue weighted by molar-refractivity contribution is -0.142. The molecule has 1 aromatic carbocycles. The van der Waals surface area contributed by atoms with Crippen molar-refractivity contribution in [1.29, 1.82) is 0 Å². The topological polar surface area (TPSA) is 88.2 Å². The van der Waals surface area contributed by atoms with Gasteiger partial charge in [-0.15, -0.1) is 0 Å². The molecule has 8 nitrogen and oxygen atoms in total. The lowest BCUT2D eigenvalue weighted by Gasteiger charge is -2.32. The molecule has 35 heavy (non-hydrogen) atoms. The number of likely N-dealkylation sites (N-methyl/N-ethyl adjacent to an activating group) is 1. The molecule has 0 radical (unpaired) electrons. The summed E-state index contributed by atoms with van der Waals surface area (Å²) in [5, 5.41) is 2.98. The quantitative estimate of drug-likeness (QED) is 0.694. The number of benzene rings is 1. The zero-order valence-corrected chi connectivity index (χ0v) is 21.3. The second kappa shape index (κ2) is 9.40. The lowest BCUT2D eigenvalue weighted by atomic mass is 9.87. The van der Waals surface area contributed by atoms with Crippen molar-refractivity contribution in [3.05, 3.63) is 42.2 Å². The number of hydrogen-bond donors (Lipinski definition) is 1. The molecule has 1 fully saturated rings. The Kier molecular flexibility index (Phi) is 6.66. The van der Waals surface area contributed by atoms with Crippen molar-refractivity contribution >= 4 is 23.4 Å². The summed E-state index contributed by atoms with van der Waals surface area (Å²) in [6, 6.07) is 3.08. The first-order valence-corrected chi connectivity index (χ1v) is 12.4. The zero-order valence-electron chi connectivity index (χ0n) is 21.3. The number of amides is 3. The molecule has 3 amide bonds. The molecule has 5 rings (SSSR count). The first kappa shape index (κ1) is 24.8. The molecular formula is C27H35N3O5. The van der Waals surface area contributed by atoms with Crippen LogP contribution in [0.1, 0.15) is 58.9 Å². The van der Waals surface area contributed by atoms with Gasteiger partial charge >= 0.3 is 0 Å². The summed E-state index contributed by atoms with van der Waals surface area (Å²) < 4.78 is 11.9. The molecule has 4 aliphatic heterocycles. The molecule has 1 N–H and O–H groups in total. The molecule has 0 aromatic heterocycles. The van der Waals surface area contributed by atoms with Gasteiger partial charge in [-0.2, -0.15) is 0 Å². The van der Waals surface area contributed by atoms with Gasteiger partial charge in [-0.1, -0.05) is 32.9 Å². The Hall–Kier alpha value is -3.29. The fourth-order valence-corrected chi connectivity index (χ4v) is 5.33. The highest BCUT2D eigenvalue weighted by Crippen LogP contribution is 2.48. The molecule has 0 saturated carbocycles. The fraction of sp³-hybridized carbons (Fsp3) is 0.519. The average Bonchev–Trinajstić information content (AvgIpc) is 2.99. The number of nitrogens with one attached hydrogen (secondary N) is 1. The van der Waals surface area contributed by atoms with Crippen LogP contribution in [0, 0.1) is 5.92 Å². The maximum atomic E-state index is 13.2. The number of carbonyl (C=O) groups is 3. The van der Waals surface area contributed by atoms with Crippen LogP contribution in [0.4, 0.5) is 5.69 Å². The highest BCUT2D eigenvalue weighted by atomic mass is 16.5. The zero-order chi connectivity index (χ0) is 25.5. The van der Waals surface area contributed by atoms with Gasteiger partial charge in [0.2, 0.25) is 17.7 Å². The molecular weight excluding hydrogens is 446 g/mol. The van der Waals surface area contributed by atoms with Gasteiger partial charge < -0.3 is 24.6 Å². The smallest absolute Gasteiger partial charge is 0.246 e. The third-order valence-corrected chi connectivity index (χ3v) is 7.15. The third-order valence-electron chi connectivity index (χ3n) is 7.15. The predicted molar refractivity (Wildman–Crippen MR) is 133 cm³/mol. The average molecular weight is 482 g/mol. The summed E-state index contributed by atoms with van der Waals surface area (Å²) in [6.07, 6.45) is 7.71. The molecule has 1 saturated heterocycles. The number of carbonyl (C=O) groups excluding carboxylic acids is 3. The molecule has 4 heterocycles. The highest BCUT2D eigenvalue weighted by Gasteiger charge is 2.44. The Morgan fingerprint density at radius 2 is 1.91 bits per heavy atom. The van der Waals surface area contributed by atoms with Crippen LogP contribution >= 0.6 is 0 Å². The molecule has 0 aliphatic carbocycles.